The van der Waals surface area contributed by atoms with Crippen molar-refractivity contribution < 1.29 is 9.26 Å². The Bertz CT molecular complexity index is 854. The molecule has 1 aliphatic rings. The molecule has 0 unspecified atom stereocenters. The van der Waals surface area contributed by atoms with Crippen molar-refractivity contribution in [2.75, 3.05) is 7.11 Å². The third-order valence-electron chi connectivity index (χ3n) is 4.07. The van der Waals surface area contributed by atoms with Gasteiger partial charge in [0.15, 0.2) is 11.0 Å². The first-order chi connectivity index (χ1) is 11.7. The summed E-state index contributed by atoms with van der Waals surface area (Å²) in [6.45, 7) is 0. The molecule has 1 fully saturated rings. The van der Waals surface area contributed by atoms with E-state index < -0.39 is 0 Å². The molecule has 4 rings (SSSR count). The molecule has 124 valence electrons. The van der Waals surface area contributed by atoms with Crippen LogP contribution in [0.3, 0.4) is 0 Å². The van der Waals surface area contributed by atoms with E-state index in [-0.39, 0.29) is 0 Å². The van der Waals surface area contributed by atoms with Crippen molar-refractivity contribution in [3.05, 3.63) is 52.9 Å². The van der Waals surface area contributed by atoms with Crippen LogP contribution < -0.4 is 4.74 Å². The molecular formula is C17H17ClN4O2. The number of aryl methyl sites for hydroxylation is 2. The van der Waals surface area contributed by atoms with Crippen LogP contribution in [-0.4, -0.2) is 27.0 Å². The molecule has 0 bridgehead atoms. The molecule has 0 spiro atoms. The lowest BCUT2D eigenvalue weighted by Crippen LogP contribution is -2.06. The summed E-state index contributed by atoms with van der Waals surface area (Å²) in [6, 6.07) is 9.55. The van der Waals surface area contributed by atoms with Gasteiger partial charge in [0.25, 0.3) is 0 Å². The number of hydrogen-bond acceptors (Lipinski definition) is 5. The van der Waals surface area contributed by atoms with Crippen molar-refractivity contribution in [2.45, 2.75) is 31.6 Å². The van der Waals surface area contributed by atoms with Gasteiger partial charge in [0.1, 0.15) is 23.0 Å². The number of aromatic nitrogens is 4. The van der Waals surface area contributed by atoms with Crippen LogP contribution in [0.2, 0.25) is 5.15 Å². The third kappa shape index (κ3) is 3.01. The lowest BCUT2D eigenvalue weighted by atomic mass is 10.2. The minimum absolute atomic E-state index is 0.370. The Hall–Kier alpha value is -2.34. The van der Waals surface area contributed by atoms with E-state index in [1.54, 1.807) is 13.2 Å². The first-order valence-electron chi connectivity index (χ1n) is 7.95. The molecule has 0 radical (unpaired) electrons. The highest BCUT2D eigenvalue weighted by atomic mass is 35.5. The summed E-state index contributed by atoms with van der Waals surface area (Å²) in [5.74, 6) is 3.79. The summed E-state index contributed by atoms with van der Waals surface area (Å²) in [4.78, 5) is 4.75. The maximum atomic E-state index is 5.81. The molecule has 0 atom stereocenters. The zero-order valence-corrected chi connectivity index (χ0v) is 14.0. The molecular weight excluding hydrogens is 328 g/mol. The molecule has 1 aliphatic carbocycles. The fourth-order valence-corrected chi connectivity index (χ4v) is 2.83. The quantitative estimate of drug-likeness (QED) is 0.683. The van der Waals surface area contributed by atoms with Crippen LogP contribution in [0.1, 0.15) is 36.2 Å². The second-order valence-electron chi connectivity index (χ2n) is 5.86. The predicted molar refractivity (Wildman–Crippen MR) is 88.8 cm³/mol. The van der Waals surface area contributed by atoms with E-state index in [0.717, 1.165) is 41.7 Å². The molecule has 6 nitrogen and oxygen atoms in total. The van der Waals surface area contributed by atoms with Crippen molar-refractivity contribution >= 4 is 11.6 Å². The molecule has 0 amide bonds. The van der Waals surface area contributed by atoms with Gasteiger partial charge in [-0.1, -0.05) is 28.9 Å². The Morgan fingerprint density at radius 3 is 2.83 bits per heavy atom. The fraction of sp³-hybridized carbons (Fsp3) is 0.353. The Labute approximate surface area is 144 Å². The van der Waals surface area contributed by atoms with Crippen molar-refractivity contribution in [2.24, 2.45) is 0 Å². The molecule has 0 saturated heterocycles. The summed E-state index contributed by atoms with van der Waals surface area (Å²) in [7, 11) is 1.66. The summed E-state index contributed by atoms with van der Waals surface area (Å²) >= 11 is 5.81. The van der Waals surface area contributed by atoms with E-state index in [4.69, 9.17) is 30.9 Å². The van der Waals surface area contributed by atoms with Crippen molar-refractivity contribution in [1.29, 1.82) is 0 Å². The van der Waals surface area contributed by atoms with Gasteiger partial charge in [-0.3, -0.25) is 0 Å². The van der Waals surface area contributed by atoms with Crippen molar-refractivity contribution in [1.82, 2.24) is 19.9 Å². The van der Waals surface area contributed by atoms with E-state index in [0.29, 0.717) is 23.9 Å². The highest BCUT2D eigenvalue weighted by molar-refractivity contribution is 6.29. The number of halogens is 1. The minimum Gasteiger partial charge on any atom is -0.494 e. The zero-order valence-electron chi connectivity index (χ0n) is 13.3. The number of methoxy groups -OCH3 is 1. The number of para-hydroxylation sites is 2. The zero-order chi connectivity index (χ0) is 16.5. The average Bonchev–Trinajstić information content (AvgIpc) is 3.24. The van der Waals surface area contributed by atoms with Gasteiger partial charge in [-0.05, 0) is 25.0 Å². The van der Waals surface area contributed by atoms with E-state index in [9.17, 15) is 0 Å². The maximum absolute atomic E-state index is 5.81. The topological polar surface area (TPSA) is 66.0 Å². The number of nitrogens with zero attached hydrogens (tertiary/aromatic N) is 4. The van der Waals surface area contributed by atoms with Gasteiger partial charge in [-0.25, -0.2) is 9.67 Å². The highest BCUT2D eigenvalue weighted by Crippen LogP contribution is 2.38. The number of hydrogen-bond donors (Lipinski definition) is 0. The largest absolute Gasteiger partial charge is 0.494 e. The average molecular weight is 345 g/mol. The van der Waals surface area contributed by atoms with E-state index >= 15 is 0 Å². The van der Waals surface area contributed by atoms with Crippen LogP contribution in [0.15, 0.2) is 34.9 Å². The summed E-state index contributed by atoms with van der Waals surface area (Å²) < 4.78 is 12.5. The summed E-state index contributed by atoms with van der Waals surface area (Å²) in [5, 5.41) is 8.80. The van der Waals surface area contributed by atoms with Gasteiger partial charge < -0.3 is 9.26 Å². The van der Waals surface area contributed by atoms with Crippen LogP contribution in [-0.2, 0) is 12.8 Å². The molecule has 2 aromatic heterocycles. The molecule has 0 N–H and O–H groups in total. The smallest absolute Gasteiger partial charge is 0.172 e. The summed E-state index contributed by atoms with van der Waals surface area (Å²) in [5.41, 5.74) is 0.894. The Morgan fingerprint density at radius 2 is 2.12 bits per heavy atom. The standard InChI is InChI=1S/C17H17ClN4O2/c1-23-14-5-3-2-4-13(14)22-16(19-17(20-22)11-6-7-11)9-8-12-10-15(18)21-24-12/h2-5,10-11H,6-9H2,1H3. The lowest BCUT2D eigenvalue weighted by Gasteiger charge is -2.09. The third-order valence-corrected chi connectivity index (χ3v) is 4.25. The van der Waals surface area contributed by atoms with Gasteiger partial charge >= 0.3 is 0 Å². The lowest BCUT2D eigenvalue weighted by molar-refractivity contribution is 0.382. The number of rotatable bonds is 6. The Morgan fingerprint density at radius 1 is 1.29 bits per heavy atom. The van der Waals surface area contributed by atoms with Crippen LogP contribution in [0.5, 0.6) is 5.75 Å². The van der Waals surface area contributed by atoms with Crippen LogP contribution in [0, 0.1) is 0 Å². The number of benzene rings is 1. The number of ether oxygens (including phenoxy) is 1. The van der Waals surface area contributed by atoms with Gasteiger partial charge in [0.05, 0.1) is 7.11 Å². The first-order valence-corrected chi connectivity index (χ1v) is 8.32. The second kappa shape index (κ2) is 6.28. The van der Waals surface area contributed by atoms with Gasteiger partial charge in [-0.15, -0.1) is 0 Å². The summed E-state index contributed by atoms with van der Waals surface area (Å²) in [6.07, 6.45) is 3.67. The normalized spacial score (nSPS) is 14.1. The van der Waals surface area contributed by atoms with Gasteiger partial charge in [0, 0.05) is 24.8 Å². The van der Waals surface area contributed by atoms with E-state index in [1.165, 1.54) is 0 Å². The molecule has 1 aromatic carbocycles. The minimum atomic E-state index is 0.370. The van der Waals surface area contributed by atoms with Crippen LogP contribution in [0.25, 0.3) is 5.69 Å². The Balaban J connectivity index is 1.67. The maximum Gasteiger partial charge on any atom is 0.172 e. The first kappa shape index (κ1) is 15.2. The molecule has 0 aliphatic heterocycles. The van der Waals surface area contributed by atoms with E-state index in [1.807, 2.05) is 28.9 Å². The van der Waals surface area contributed by atoms with Crippen molar-refractivity contribution in [3.63, 3.8) is 0 Å². The molecule has 7 heteroatoms. The SMILES string of the molecule is COc1ccccc1-n1nc(C2CC2)nc1CCc1cc(Cl)no1. The Kier molecular flexibility index (Phi) is 3.98. The molecule has 2 heterocycles. The predicted octanol–water partition coefficient (Wildman–Crippen LogP) is 3.58. The molecule has 24 heavy (non-hydrogen) atoms. The second-order valence-corrected chi connectivity index (χ2v) is 6.25. The molecule has 1 saturated carbocycles. The van der Waals surface area contributed by atoms with Crippen LogP contribution in [0.4, 0.5) is 0 Å². The monoisotopic (exact) mass is 344 g/mol. The van der Waals surface area contributed by atoms with Gasteiger partial charge in [0.2, 0.25) is 0 Å². The van der Waals surface area contributed by atoms with E-state index in [2.05, 4.69) is 5.16 Å². The van der Waals surface area contributed by atoms with Crippen LogP contribution >= 0.6 is 11.6 Å². The van der Waals surface area contributed by atoms with Crippen molar-refractivity contribution in [3.8, 4) is 11.4 Å². The fourth-order valence-electron chi connectivity index (χ4n) is 2.68. The highest BCUT2D eigenvalue weighted by Gasteiger charge is 2.29. The molecule has 3 aromatic rings. The van der Waals surface area contributed by atoms with Gasteiger partial charge in [-0.2, -0.15) is 5.10 Å².